The van der Waals surface area contributed by atoms with Crippen molar-refractivity contribution in [3.8, 4) is 0 Å². The van der Waals surface area contributed by atoms with E-state index in [1.165, 1.54) is 0 Å². The molecule has 0 N–H and O–H groups in total. The fourth-order valence-electron chi connectivity index (χ4n) is 0.249. The van der Waals surface area contributed by atoms with Gasteiger partial charge in [0, 0.05) is 32.7 Å². The molecule has 0 fully saturated rings. The minimum Gasteiger partial charge on any atom is -0.542 e. The summed E-state index contributed by atoms with van der Waals surface area (Å²) in [5.74, 6) is 0. The first-order valence-corrected chi connectivity index (χ1v) is 2.26. The van der Waals surface area contributed by atoms with Crippen molar-refractivity contribution >= 4 is 6.29 Å². The van der Waals surface area contributed by atoms with E-state index in [0.29, 0.717) is 6.42 Å². The fraction of sp³-hybridized carbons (Fsp3) is 0.800. The second-order valence-corrected chi connectivity index (χ2v) is 1.25. The van der Waals surface area contributed by atoms with Crippen LogP contribution in [0, 0.1) is 0 Å². The van der Waals surface area contributed by atoms with E-state index in [1.807, 2.05) is 6.29 Å². The van der Waals surface area contributed by atoms with Gasteiger partial charge in [-0.3, -0.25) is 6.29 Å². The van der Waals surface area contributed by atoms with E-state index in [1.54, 1.807) is 0 Å². The van der Waals surface area contributed by atoms with Gasteiger partial charge in [-0.25, -0.2) is 0 Å². The summed E-state index contributed by atoms with van der Waals surface area (Å²) in [5, 5.41) is 0. The van der Waals surface area contributed by atoms with Crippen molar-refractivity contribution in [1.29, 1.82) is 0 Å². The Hall–Kier alpha value is 0.774. The van der Waals surface area contributed by atoms with Crippen molar-refractivity contribution in [3.63, 3.8) is 0 Å². The maximum Gasteiger partial charge on any atom is 0 e. The van der Waals surface area contributed by atoms with Crippen LogP contribution in [-0.4, -0.2) is 6.29 Å². The molecular formula is C5H9OY-. The molecular weight excluding hydrogens is 165 g/mol. The summed E-state index contributed by atoms with van der Waals surface area (Å²) in [5.41, 5.74) is 0. The van der Waals surface area contributed by atoms with Crippen LogP contribution in [-0.2, 0) is 37.5 Å². The molecule has 1 radical (unpaired) electrons. The molecule has 0 saturated heterocycles. The Balaban J connectivity index is 0. The zero-order valence-electron chi connectivity index (χ0n) is 4.61. The van der Waals surface area contributed by atoms with E-state index in [0.717, 1.165) is 12.8 Å². The predicted molar refractivity (Wildman–Crippen MR) is 25.2 cm³/mol. The van der Waals surface area contributed by atoms with Crippen LogP contribution in [0.15, 0.2) is 0 Å². The summed E-state index contributed by atoms with van der Waals surface area (Å²) in [6, 6.07) is 0. The molecule has 0 aromatic carbocycles. The molecule has 0 aliphatic rings. The van der Waals surface area contributed by atoms with Crippen molar-refractivity contribution in [2.45, 2.75) is 26.2 Å². The molecule has 2 heteroatoms. The summed E-state index contributed by atoms with van der Waals surface area (Å²) >= 11 is 0. The van der Waals surface area contributed by atoms with Crippen molar-refractivity contribution in [3.05, 3.63) is 0 Å². The third-order valence-corrected chi connectivity index (χ3v) is 0.632. The smallest absolute Gasteiger partial charge is 0 e. The molecule has 0 amide bonds. The van der Waals surface area contributed by atoms with Crippen molar-refractivity contribution in [2.75, 3.05) is 0 Å². The summed E-state index contributed by atoms with van der Waals surface area (Å²) in [6.45, 7) is 2.05. The first-order valence-electron chi connectivity index (χ1n) is 2.26. The molecule has 0 rings (SSSR count). The maximum atomic E-state index is 9.44. The van der Waals surface area contributed by atoms with E-state index < -0.39 is 0 Å². The normalized spacial score (nSPS) is 7.00. The summed E-state index contributed by atoms with van der Waals surface area (Å²) in [6.07, 6.45) is 4.51. The maximum absolute atomic E-state index is 9.44. The largest absolute Gasteiger partial charge is 0.542 e. The van der Waals surface area contributed by atoms with Gasteiger partial charge in [0.1, 0.15) is 0 Å². The topological polar surface area (TPSA) is 17.1 Å². The number of unbranched alkanes of at least 4 members (excludes halogenated alkanes) is 2. The van der Waals surface area contributed by atoms with Crippen molar-refractivity contribution < 1.29 is 37.5 Å². The van der Waals surface area contributed by atoms with Gasteiger partial charge in [0.25, 0.3) is 0 Å². The third kappa shape index (κ3) is 10.8. The van der Waals surface area contributed by atoms with Gasteiger partial charge >= 0.3 is 0 Å². The molecule has 0 spiro atoms. The molecule has 0 unspecified atom stereocenters. The fourth-order valence-corrected chi connectivity index (χ4v) is 0.249. The molecule has 0 aromatic rings. The molecule has 1 nitrogen and oxygen atoms in total. The number of hydrogen-bond acceptors (Lipinski definition) is 1. The molecule has 0 bridgehead atoms. The molecule has 0 aromatic heterocycles. The van der Waals surface area contributed by atoms with Gasteiger partial charge in [0.2, 0.25) is 0 Å². The van der Waals surface area contributed by atoms with E-state index in [-0.39, 0.29) is 32.7 Å². The van der Waals surface area contributed by atoms with Gasteiger partial charge in [-0.1, -0.05) is 19.8 Å². The molecule has 0 aliphatic carbocycles. The second kappa shape index (κ2) is 9.91. The Morgan fingerprint density at radius 2 is 2.14 bits per heavy atom. The van der Waals surface area contributed by atoms with Gasteiger partial charge in [-0.2, -0.15) is 6.42 Å². The molecule has 7 heavy (non-hydrogen) atoms. The standard InChI is InChI=1S/C5H9O.Y/c1-2-3-4-5-6;/h2-4H2,1H3;/q-1;. The molecule has 39 valence electrons. The molecule has 0 heterocycles. The van der Waals surface area contributed by atoms with Crippen LogP contribution in [0.2, 0.25) is 0 Å². The first kappa shape index (κ1) is 10.7. The van der Waals surface area contributed by atoms with Gasteiger partial charge < -0.3 is 4.79 Å². The van der Waals surface area contributed by atoms with Crippen LogP contribution < -0.4 is 0 Å². The first-order chi connectivity index (χ1) is 2.91. The van der Waals surface area contributed by atoms with Crippen molar-refractivity contribution in [2.24, 2.45) is 0 Å². The Kier molecular flexibility index (Phi) is 15.1. The second-order valence-electron chi connectivity index (χ2n) is 1.25. The van der Waals surface area contributed by atoms with E-state index in [2.05, 4.69) is 6.92 Å². The van der Waals surface area contributed by atoms with Gasteiger partial charge in [0.05, 0.1) is 0 Å². The van der Waals surface area contributed by atoms with E-state index >= 15 is 0 Å². The van der Waals surface area contributed by atoms with Crippen LogP contribution in [0.5, 0.6) is 0 Å². The van der Waals surface area contributed by atoms with Crippen LogP contribution in [0.25, 0.3) is 0 Å². The monoisotopic (exact) mass is 174 g/mol. The Morgan fingerprint density at radius 3 is 2.29 bits per heavy atom. The average molecular weight is 174 g/mol. The minimum absolute atomic E-state index is 0. The molecule has 0 saturated carbocycles. The Bertz CT molecular complexity index is 37.1. The average Bonchev–Trinajstić information content (AvgIpc) is 1.61. The summed E-state index contributed by atoms with van der Waals surface area (Å²) in [4.78, 5) is 9.44. The van der Waals surface area contributed by atoms with E-state index in [4.69, 9.17) is 0 Å². The van der Waals surface area contributed by atoms with Gasteiger partial charge in [0.15, 0.2) is 0 Å². The molecule has 0 aliphatic heterocycles. The SMILES string of the molecule is CCCC[C-]=O.[Y]. The Morgan fingerprint density at radius 1 is 1.57 bits per heavy atom. The molecule has 0 atom stereocenters. The van der Waals surface area contributed by atoms with Crippen LogP contribution >= 0.6 is 0 Å². The summed E-state index contributed by atoms with van der Waals surface area (Å²) < 4.78 is 0. The van der Waals surface area contributed by atoms with E-state index in [9.17, 15) is 4.79 Å². The predicted octanol–water partition coefficient (Wildman–Crippen LogP) is 1.28. The zero-order chi connectivity index (χ0) is 4.83. The van der Waals surface area contributed by atoms with Crippen LogP contribution in [0.1, 0.15) is 26.2 Å². The Labute approximate surface area is 69.7 Å². The van der Waals surface area contributed by atoms with Crippen LogP contribution in [0.3, 0.4) is 0 Å². The quantitative estimate of drug-likeness (QED) is 0.465. The van der Waals surface area contributed by atoms with Gasteiger partial charge in [-0.05, 0) is 0 Å². The van der Waals surface area contributed by atoms with Crippen molar-refractivity contribution in [1.82, 2.24) is 0 Å². The zero-order valence-corrected chi connectivity index (χ0v) is 7.45. The minimum atomic E-state index is 0. The number of rotatable bonds is 3. The number of hydrogen-bond donors (Lipinski definition) is 0. The van der Waals surface area contributed by atoms with Crippen LogP contribution in [0.4, 0.5) is 0 Å². The van der Waals surface area contributed by atoms with Gasteiger partial charge in [-0.15, -0.1) is 0 Å². The number of carbonyl (C=O) groups excluding carboxylic acids is 1. The third-order valence-electron chi connectivity index (χ3n) is 0.632. The summed E-state index contributed by atoms with van der Waals surface area (Å²) in [7, 11) is 0.